The SMILES string of the molecule is CC1=NN(C2CC2)CC1. The Hall–Kier alpha value is -0.530. The first kappa shape index (κ1) is 5.27. The Bertz CT molecular complexity index is 147. The number of nitrogens with zero attached hydrogens (tertiary/aromatic N) is 2. The molecule has 2 rings (SSSR count). The smallest absolute Gasteiger partial charge is 0.0472 e. The van der Waals surface area contributed by atoms with Gasteiger partial charge in [-0.2, -0.15) is 5.10 Å². The van der Waals surface area contributed by atoms with Crippen molar-refractivity contribution in [1.82, 2.24) is 5.01 Å². The number of hydrogen-bond acceptors (Lipinski definition) is 2. The van der Waals surface area contributed by atoms with Gasteiger partial charge in [0.05, 0.1) is 0 Å². The zero-order chi connectivity index (χ0) is 6.27. The molecule has 50 valence electrons. The topological polar surface area (TPSA) is 15.6 Å². The van der Waals surface area contributed by atoms with Gasteiger partial charge in [-0.1, -0.05) is 0 Å². The number of hydrazone groups is 1. The summed E-state index contributed by atoms with van der Waals surface area (Å²) in [6.07, 6.45) is 3.93. The Labute approximate surface area is 55.5 Å². The summed E-state index contributed by atoms with van der Waals surface area (Å²) in [7, 11) is 0. The van der Waals surface area contributed by atoms with Crippen molar-refractivity contribution in [3.63, 3.8) is 0 Å². The van der Waals surface area contributed by atoms with Crippen LogP contribution in [0.1, 0.15) is 26.2 Å². The highest BCUT2D eigenvalue weighted by Gasteiger charge is 2.30. The molecule has 2 aliphatic rings. The van der Waals surface area contributed by atoms with Gasteiger partial charge in [-0.05, 0) is 19.8 Å². The lowest BCUT2D eigenvalue weighted by Crippen LogP contribution is -2.15. The van der Waals surface area contributed by atoms with Gasteiger partial charge < -0.3 is 0 Å². The minimum atomic E-state index is 0.822. The third-order valence-electron chi connectivity index (χ3n) is 1.97. The van der Waals surface area contributed by atoms with Crippen molar-refractivity contribution in [2.75, 3.05) is 6.54 Å². The second-order valence-electron chi connectivity index (χ2n) is 2.98. The lowest BCUT2D eigenvalue weighted by atomic mass is 10.3. The molecule has 0 N–H and O–H groups in total. The lowest BCUT2D eigenvalue weighted by Gasteiger charge is -2.10. The second kappa shape index (κ2) is 1.72. The van der Waals surface area contributed by atoms with E-state index in [1.807, 2.05) is 0 Å². The largest absolute Gasteiger partial charge is 0.294 e. The monoisotopic (exact) mass is 124 g/mol. The van der Waals surface area contributed by atoms with Gasteiger partial charge >= 0.3 is 0 Å². The molecule has 0 bridgehead atoms. The third-order valence-corrected chi connectivity index (χ3v) is 1.97. The van der Waals surface area contributed by atoms with Gasteiger partial charge in [-0.25, -0.2) is 0 Å². The first-order valence-electron chi connectivity index (χ1n) is 3.67. The first-order valence-corrected chi connectivity index (χ1v) is 3.67. The van der Waals surface area contributed by atoms with Crippen LogP contribution >= 0.6 is 0 Å². The Morgan fingerprint density at radius 3 is 2.78 bits per heavy atom. The fourth-order valence-corrected chi connectivity index (χ4v) is 1.23. The fraction of sp³-hybridized carbons (Fsp3) is 0.857. The summed E-state index contributed by atoms with van der Waals surface area (Å²) >= 11 is 0. The van der Waals surface area contributed by atoms with E-state index in [0.717, 1.165) is 6.04 Å². The molecule has 1 saturated carbocycles. The molecule has 0 aromatic heterocycles. The van der Waals surface area contributed by atoms with E-state index in [1.165, 1.54) is 31.5 Å². The molecular weight excluding hydrogens is 112 g/mol. The van der Waals surface area contributed by atoms with Gasteiger partial charge in [0, 0.05) is 24.7 Å². The molecular formula is C7H12N2. The van der Waals surface area contributed by atoms with Gasteiger partial charge in [0.2, 0.25) is 0 Å². The van der Waals surface area contributed by atoms with Crippen LogP contribution < -0.4 is 0 Å². The van der Waals surface area contributed by atoms with Crippen molar-refractivity contribution >= 4 is 5.71 Å². The van der Waals surface area contributed by atoms with E-state index in [0.29, 0.717) is 0 Å². The van der Waals surface area contributed by atoms with Crippen molar-refractivity contribution in [2.24, 2.45) is 5.10 Å². The van der Waals surface area contributed by atoms with Crippen LogP contribution in [0.4, 0.5) is 0 Å². The summed E-state index contributed by atoms with van der Waals surface area (Å²) in [4.78, 5) is 0. The maximum absolute atomic E-state index is 4.40. The van der Waals surface area contributed by atoms with Crippen LogP contribution in [-0.4, -0.2) is 23.3 Å². The van der Waals surface area contributed by atoms with E-state index in [4.69, 9.17) is 0 Å². The molecule has 0 spiro atoms. The Kier molecular flexibility index (Phi) is 1.01. The molecule has 1 heterocycles. The molecule has 9 heavy (non-hydrogen) atoms. The van der Waals surface area contributed by atoms with Crippen molar-refractivity contribution in [3.05, 3.63) is 0 Å². The molecule has 0 radical (unpaired) electrons. The zero-order valence-electron chi connectivity index (χ0n) is 5.80. The molecule has 1 fully saturated rings. The maximum atomic E-state index is 4.40. The standard InChI is InChI=1S/C7H12N2/c1-6-4-5-9(8-6)7-2-3-7/h7H,2-5H2,1H3. The van der Waals surface area contributed by atoms with Crippen LogP contribution in [0.15, 0.2) is 5.10 Å². The van der Waals surface area contributed by atoms with E-state index < -0.39 is 0 Å². The summed E-state index contributed by atoms with van der Waals surface area (Å²) in [6.45, 7) is 3.29. The molecule has 1 aliphatic heterocycles. The van der Waals surface area contributed by atoms with Gasteiger partial charge in [0.15, 0.2) is 0 Å². The van der Waals surface area contributed by atoms with Crippen molar-refractivity contribution < 1.29 is 0 Å². The summed E-state index contributed by atoms with van der Waals surface area (Å²) in [5.74, 6) is 0. The highest BCUT2D eigenvalue weighted by molar-refractivity contribution is 5.83. The first-order chi connectivity index (χ1) is 4.36. The van der Waals surface area contributed by atoms with Crippen LogP contribution in [0.3, 0.4) is 0 Å². The van der Waals surface area contributed by atoms with Gasteiger partial charge in [-0.15, -0.1) is 0 Å². The predicted molar refractivity (Wildman–Crippen MR) is 37.5 cm³/mol. The van der Waals surface area contributed by atoms with Gasteiger partial charge in [0.25, 0.3) is 0 Å². The number of hydrogen-bond donors (Lipinski definition) is 0. The second-order valence-corrected chi connectivity index (χ2v) is 2.98. The number of rotatable bonds is 1. The minimum absolute atomic E-state index is 0.822. The van der Waals surface area contributed by atoms with Crippen molar-refractivity contribution in [2.45, 2.75) is 32.2 Å². The highest BCUT2D eigenvalue weighted by Crippen LogP contribution is 2.29. The van der Waals surface area contributed by atoms with Crippen LogP contribution in [-0.2, 0) is 0 Å². The summed E-state index contributed by atoms with van der Waals surface area (Å²) in [5, 5.41) is 6.65. The van der Waals surface area contributed by atoms with Crippen LogP contribution in [0.2, 0.25) is 0 Å². The molecule has 0 unspecified atom stereocenters. The minimum Gasteiger partial charge on any atom is -0.294 e. The third kappa shape index (κ3) is 0.934. The molecule has 0 amide bonds. The summed E-state index contributed by atoms with van der Waals surface area (Å²) < 4.78 is 0. The van der Waals surface area contributed by atoms with Crippen molar-refractivity contribution in [3.8, 4) is 0 Å². The molecule has 0 saturated heterocycles. The Morgan fingerprint density at radius 2 is 2.33 bits per heavy atom. The van der Waals surface area contributed by atoms with E-state index in [9.17, 15) is 0 Å². The Morgan fingerprint density at radius 1 is 1.56 bits per heavy atom. The van der Waals surface area contributed by atoms with Gasteiger partial charge in [-0.3, -0.25) is 5.01 Å². The average molecular weight is 124 g/mol. The van der Waals surface area contributed by atoms with Gasteiger partial charge in [0.1, 0.15) is 0 Å². The van der Waals surface area contributed by atoms with Crippen LogP contribution in [0, 0.1) is 0 Å². The van der Waals surface area contributed by atoms with E-state index in [2.05, 4.69) is 17.0 Å². The molecule has 1 aliphatic carbocycles. The predicted octanol–water partition coefficient (Wildman–Crippen LogP) is 1.23. The van der Waals surface area contributed by atoms with E-state index in [-0.39, 0.29) is 0 Å². The van der Waals surface area contributed by atoms with Crippen LogP contribution in [0.25, 0.3) is 0 Å². The van der Waals surface area contributed by atoms with Crippen molar-refractivity contribution in [1.29, 1.82) is 0 Å². The molecule has 0 aromatic rings. The molecule has 0 aromatic carbocycles. The molecule has 2 nitrogen and oxygen atoms in total. The van der Waals surface area contributed by atoms with E-state index in [1.54, 1.807) is 0 Å². The van der Waals surface area contributed by atoms with Crippen LogP contribution in [0.5, 0.6) is 0 Å². The average Bonchev–Trinajstić information content (AvgIpc) is 2.58. The lowest BCUT2D eigenvalue weighted by molar-refractivity contribution is 0.307. The highest BCUT2D eigenvalue weighted by atomic mass is 15.5. The summed E-state index contributed by atoms with van der Waals surface area (Å²) in [6, 6.07) is 0.822. The zero-order valence-corrected chi connectivity index (χ0v) is 5.80. The summed E-state index contributed by atoms with van der Waals surface area (Å²) in [5.41, 5.74) is 1.31. The normalized spacial score (nSPS) is 26.8. The quantitative estimate of drug-likeness (QED) is 0.513. The molecule has 2 heteroatoms. The fourth-order valence-electron chi connectivity index (χ4n) is 1.23. The van der Waals surface area contributed by atoms with E-state index >= 15 is 0 Å². The maximum Gasteiger partial charge on any atom is 0.0472 e. The Balaban J connectivity index is 1.99. The molecule has 0 atom stereocenters.